The lowest BCUT2D eigenvalue weighted by Gasteiger charge is -2.18. The summed E-state index contributed by atoms with van der Waals surface area (Å²) in [7, 11) is 2.91. The Balaban J connectivity index is 2.52. The maximum atomic E-state index is 12.7. The first kappa shape index (κ1) is 16.5. The second-order valence-corrected chi connectivity index (χ2v) is 5.70. The summed E-state index contributed by atoms with van der Waals surface area (Å²) in [5, 5.41) is 1.03. The molecule has 0 fully saturated rings. The topological polar surface area (TPSA) is 70.4 Å². The van der Waals surface area contributed by atoms with Crippen LogP contribution in [-0.2, 0) is 14.3 Å². The van der Waals surface area contributed by atoms with E-state index in [1.807, 2.05) is 13.0 Å². The van der Waals surface area contributed by atoms with Crippen LogP contribution in [0.3, 0.4) is 0 Å². The summed E-state index contributed by atoms with van der Waals surface area (Å²) in [5.74, 6) is -0.264. The molecule has 0 spiro atoms. The van der Waals surface area contributed by atoms with E-state index >= 15 is 0 Å². The predicted octanol–water partition coefficient (Wildman–Crippen LogP) is 1.87. The number of carbonyl (C=O) groups excluding carboxylic acids is 1. The number of carbonyl (C=O) groups is 1. The largest absolute Gasteiger partial charge is 0.468 e. The molecule has 0 saturated heterocycles. The Hall–Kier alpha value is -1.86. The molecule has 2 rings (SSSR count). The number of aromatic nitrogens is 2. The van der Waals surface area contributed by atoms with Crippen LogP contribution < -0.4 is 5.56 Å². The van der Waals surface area contributed by atoms with Crippen LogP contribution in [0.2, 0.25) is 0 Å². The molecule has 1 atom stereocenters. The van der Waals surface area contributed by atoms with Crippen LogP contribution >= 0.6 is 11.8 Å². The standard InChI is InChI=1S/C15H18N2O4S/c1-10(8-20-2)17-14(19)11-6-4-5-7-12(11)16-15(17)22-9-13(18)21-3/h4-7,10H,8-9H2,1-3H3/t10-/m0/s1. The van der Waals surface area contributed by atoms with Crippen molar-refractivity contribution in [2.45, 2.75) is 18.1 Å². The number of para-hydroxylation sites is 1. The van der Waals surface area contributed by atoms with E-state index in [1.165, 1.54) is 18.9 Å². The lowest BCUT2D eigenvalue weighted by Crippen LogP contribution is -2.28. The summed E-state index contributed by atoms with van der Waals surface area (Å²) < 4.78 is 11.3. The fraction of sp³-hybridized carbons (Fsp3) is 0.400. The Morgan fingerprint density at radius 1 is 1.36 bits per heavy atom. The van der Waals surface area contributed by atoms with Crippen molar-refractivity contribution in [3.8, 4) is 0 Å². The Morgan fingerprint density at radius 2 is 2.09 bits per heavy atom. The van der Waals surface area contributed by atoms with Gasteiger partial charge in [0.2, 0.25) is 0 Å². The molecule has 0 unspecified atom stereocenters. The molecule has 0 N–H and O–H groups in total. The molecule has 1 aromatic heterocycles. The van der Waals surface area contributed by atoms with E-state index in [9.17, 15) is 9.59 Å². The van der Waals surface area contributed by atoms with Crippen molar-refractivity contribution in [3.05, 3.63) is 34.6 Å². The summed E-state index contributed by atoms with van der Waals surface area (Å²) >= 11 is 1.18. The molecule has 0 aliphatic rings. The predicted molar refractivity (Wildman–Crippen MR) is 85.3 cm³/mol. The number of methoxy groups -OCH3 is 2. The number of ether oxygens (including phenoxy) is 2. The van der Waals surface area contributed by atoms with E-state index in [-0.39, 0.29) is 23.3 Å². The third-order valence-corrected chi connectivity index (χ3v) is 4.10. The van der Waals surface area contributed by atoms with Crippen LogP contribution in [0, 0.1) is 0 Å². The number of benzene rings is 1. The van der Waals surface area contributed by atoms with Crippen molar-refractivity contribution in [2.24, 2.45) is 0 Å². The zero-order valence-electron chi connectivity index (χ0n) is 12.7. The Kier molecular flexibility index (Phi) is 5.57. The van der Waals surface area contributed by atoms with E-state index in [1.54, 1.807) is 29.9 Å². The van der Waals surface area contributed by atoms with Gasteiger partial charge in [-0.3, -0.25) is 14.2 Å². The van der Waals surface area contributed by atoms with Gasteiger partial charge in [0.1, 0.15) is 0 Å². The summed E-state index contributed by atoms with van der Waals surface area (Å²) in [6.07, 6.45) is 0. The third kappa shape index (κ3) is 3.48. The number of esters is 1. The molecule has 0 aliphatic heterocycles. The number of thioether (sulfide) groups is 1. The molecule has 1 aromatic carbocycles. The van der Waals surface area contributed by atoms with Gasteiger partial charge in [-0.05, 0) is 19.1 Å². The average molecular weight is 322 g/mol. The highest BCUT2D eigenvalue weighted by atomic mass is 32.2. The van der Waals surface area contributed by atoms with Gasteiger partial charge in [0, 0.05) is 7.11 Å². The molecule has 0 radical (unpaired) electrons. The van der Waals surface area contributed by atoms with E-state index < -0.39 is 0 Å². The summed E-state index contributed by atoms with van der Waals surface area (Å²) in [5.41, 5.74) is 0.475. The van der Waals surface area contributed by atoms with E-state index in [0.717, 1.165) is 0 Å². The van der Waals surface area contributed by atoms with E-state index in [0.29, 0.717) is 22.7 Å². The van der Waals surface area contributed by atoms with Crippen molar-refractivity contribution < 1.29 is 14.3 Å². The van der Waals surface area contributed by atoms with Gasteiger partial charge >= 0.3 is 5.97 Å². The minimum absolute atomic E-state index is 0.0982. The highest BCUT2D eigenvalue weighted by molar-refractivity contribution is 7.99. The highest BCUT2D eigenvalue weighted by Gasteiger charge is 2.17. The first-order chi connectivity index (χ1) is 10.6. The van der Waals surface area contributed by atoms with Crippen molar-refractivity contribution in [2.75, 3.05) is 26.6 Å². The third-order valence-electron chi connectivity index (χ3n) is 3.17. The van der Waals surface area contributed by atoms with E-state index in [2.05, 4.69) is 9.72 Å². The Labute approximate surface area is 132 Å². The van der Waals surface area contributed by atoms with Gasteiger partial charge in [-0.15, -0.1) is 0 Å². The second-order valence-electron chi connectivity index (χ2n) is 4.76. The molecular weight excluding hydrogens is 304 g/mol. The zero-order chi connectivity index (χ0) is 16.1. The van der Waals surface area contributed by atoms with Gasteiger partial charge in [-0.25, -0.2) is 4.98 Å². The van der Waals surface area contributed by atoms with Gasteiger partial charge in [-0.2, -0.15) is 0 Å². The average Bonchev–Trinajstić information content (AvgIpc) is 2.52. The maximum absolute atomic E-state index is 12.7. The van der Waals surface area contributed by atoms with E-state index in [4.69, 9.17) is 4.74 Å². The highest BCUT2D eigenvalue weighted by Crippen LogP contribution is 2.21. The van der Waals surface area contributed by atoms with Crippen LogP contribution in [0.15, 0.2) is 34.2 Å². The fourth-order valence-electron chi connectivity index (χ4n) is 2.11. The lowest BCUT2D eigenvalue weighted by molar-refractivity contribution is -0.137. The first-order valence-electron chi connectivity index (χ1n) is 6.78. The van der Waals surface area contributed by atoms with Crippen LogP contribution in [0.1, 0.15) is 13.0 Å². The molecule has 7 heteroatoms. The van der Waals surface area contributed by atoms with Gasteiger partial charge in [0.05, 0.1) is 36.4 Å². The molecule has 1 heterocycles. The van der Waals surface area contributed by atoms with Gasteiger partial charge < -0.3 is 9.47 Å². The fourth-order valence-corrected chi connectivity index (χ4v) is 3.04. The quantitative estimate of drug-likeness (QED) is 0.459. The Bertz CT molecular complexity index is 729. The van der Waals surface area contributed by atoms with Gasteiger partial charge in [0.25, 0.3) is 5.56 Å². The van der Waals surface area contributed by atoms with Crippen molar-refractivity contribution in [3.63, 3.8) is 0 Å². The first-order valence-corrected chi connectivity index (χ1v) is 7.77. The Morgan fingerprint density at radius 3 is 2.77 bits per heavy atom. The molecule has 2 aromatic rings. The molecule has 0 saturated carbocycles. The zero-order valence-corrected chi connectivity index (χ0v) is 13.6. The molecular formula is C15H18N2O4S. The molecule has 0 bridgehead atoms. The normalized spacial score (nSPS) is 12.3. The summed E-state index contributed by atoms with van der Waals surface area (Å²) in [6, 6.07) is 6.97. The number of fused-ring (bicyclic) bond motifs is 1. The van der Waals surface area contributed by atoms with Crippen LogP contribution in [-0.4, -0.2) is 42.1 Å². The maximum Gasteiger partial charge on any atom is 0.316 e. The second kappa shape index (κ2) is 7.42. The summed E-state index contributed by atoms with van der Waals surface area (Å²) in [6.45, 7) is 2.26. The number of nitrogens with zero attached hydrogens (tertiary/aromatic N) is 2. The van der Waals surface area contributed by atoms with Gasteiger partial charge in [0.15, 0.2) is 5.16 Å². The minimum atomic E-state index is -0.363. The number of rotatable bonds is 6. The van der Waals surface area contributed by atoms with Crippen molar-refractivity contribution >= 4 is 28.6 Å². The number of hydrogen-bond donors (Lipinski definition) is 0. The summed E-state index contributed by atoms with van der Waals surface area (Å²) in [4.78, 5) is 28.6. The van der Waals surface area contributed by atoms with Gasteiger partial charge in [-0.1, -0.05) is 23.9 Å². The number of hydrogen-bond acceptors (Lipinski definition) is 6. The van der Waals surface area contributed by atoms with Crippen LogP contribution in [0.4, 0.5) is 0 Å². The lowest BCUT2D eigenvalue weighted by atomic mass is 10.2. The molecule has 118 valence electrons. The molecule has 0 amide bonds. The monoisotopic (exact) mass is 322 g/mol. The molecule has 22 heavy (non-hydrogen) atoms. The van der Waals surface area contributed by atoms with Crippen molar-refractivity contribution in [1.29, 1.82) is 0 Å². The van der Waals surface area contributed by atoms with Crippen molar-refractivity contribution in [1.82, 2.24) is 9.55 Å². The smallest absolute Gasteiger partial charge is 0.316 e. The molecule has 0 aliphatic carbocycles. The molecule has 6 nitrogen and oxygen atoms in total. The van der Waals surface area contributed by atoms with Crippen LogP contribution in [0.25, 0.3) is 10.9 Å². The van der Waals surface area contributed by atoms with Crippen LogP contribution in [0.5, 0.6) is 0 Å². The SMILES string of the molecule is COC[C@H](C)n1c(SCC(=O)OC)nc2ccccc2c1=O. The minimum Gasteiger partial charge on any atom is -0.468 e.